The van der Waals surface area contributed by atoms with Gasteiger partial charge in [-0.05, 0) is 18.0 Å². The molecule has 3 nitrogen and oxygen atoms in total. The van der Waals surface area contributed by atoms with Crippen molar-refractivity contribution in [2.24, 2.45) is 11.8 Å². The second kappa shape index (κ2) is 1.99. The summed E-state index contributed by atoms with van der Waals surface area (Å²) in [5.41, 5.74) is 0. The molecule has 0 radical (unpaired) electrons. The Bertz CT molecular complexity index is 148. The molecule has 0 aliphatic heterocycles. The van der Waals surface area contributed by atoms with E-state index in [1.807, 2.05) is 0 Å². The van der Waals surface area contributed by atoms with Gasteiger partial charge in [0.2, 0.25) is 5.24 Å². The van der Waals surface area contributed by atoms with Gasteiger partial charge in [-0.1, -0.05) is 0 Å². The van der Waals surface area contributed by atoms with Crippen molar-refractivity contribution in [3.8, 4) is 0 Å². The monoisotopic (exact) mass is 148 g/mol. The Morgan fingerprint density at radius 3 is 2.11 bits per heavy atom. The first-order chi connectivity index (χ1) is 4.13. The number of halogens is 1. The lowest BCUT2D eigenvalue weighted by Gasteiger charge is -1.83. The summed E-state index contributed by atoms with van der Waals surface area (Å²) < 4.78 is 0. The standard InChI is InChI=1S/C5H5ClO3/c6-4(7)2-1-3(2)5(8)9/h2-3H,1H2,(H,8,9)/t2?,3-/m0/s1. The van der Waals surface area contributed by atoms with Crippen LogP contribution in [0.4, 0.5) is 0 Å². The van der Waals surface area contributed by atoms with Crippen molar-refractivity contribution in [2.75, 3.05) is 0 Å². The molecular formula is C5H5ClO3. The SMILES string of the molecule is O=C(Cl)C1C[C@@H]1C(=O)O. The van der Waals surface area contributed by atoms with E-state index in [4.69, 9.17) is 16.7 Å². The fourth-order valence-electron chi connectivity index (χ4n) is 0.719. The van der Waals surface area contributed by atoms with Crippen LogP contribution in [-0.2, 0) is 9.59 Å². The third-order valence-electron chi connectivity index (χ3n) is 1.40. The molecule has 1 aliphatic carbocycles. The Hall–Kier alpha value is -0.570. The van der Waals surface area contributed by atoms with Crippen LogP contribution in [0.5, 0.6) is 0 Å². The van der Waals surface area contributed by atoms with Gasteiger partial charge in [-0.3, -0.25) is 9.59 Å². The summed E-state index contributed by atoms with van der Waals surface area (Å²) in [5.74, 6) is -1.84. The number of carboxylic acids is 1. The van der Waals surface area contributed by atoms with Crippen LogP contribution in [0.25, 0.3) is 0 Å². The number of aliphatic carboxylic acids is 1. The minimum absolute atomic E-state index is 0.413. The molecule has 0 saturated heterocycles. The highest BCUT2D eigenvalue weighted by atomic mass is 35.5. The van der Waals surface area contributed by atoms with E-state index in [0.29, 0.717) is 6.42 Å². The largest absolute Gasteiger partial charge is 0.481 e. The summed E-state index contributed by atoms with van der Waals surface area (Å²) in [7, 11) is 0. The number of carbonyl (C=O) groups excluding carboxylic acids is 1. The van der Waals surface area contributed by atoms with Crippen molar-refractivity contribution < 1.29 is 14.7 Å². The third kappa shape index (κ3) is 1.21. The zero-order valence-electron chi connectivity index (χ0n) is 4.50. The van der Waals surface area contributed by atoms with E-state index in [-0.39, 0.29) is 0 Å². The number of hydrogen-bond donors (Lipinski definition) is 1. The van der Waals surface area contributed by atoms with E-state index in [0.717, 1.165) is 0 Å². The highest BCUT2D eigenvalue weighted by Gasteiger charge is 2.47. The van der Waals surface area contributed by atoms with E-state index in [1.54, 1.807) is 0 Å². The maximum Gasteiger partial charge on any atom is 0.307 e. The first kappa shape index (κ1) is 6.55. The van der Waals surface area contributed by atoms with E-state index in [1.165, 1.54) is 0 Å². The topological polar surface area (TPSA) is 54.4 Å². The van der Waals surface area contributed by atoms with Gasteiger partial charge < -0.3 is 5.11 Å². The van der Waals surface area contributed by atoms with Gasteiger partial charge in [0.25, 0.3) is 0 Å². The molecule has 9 heavy (non-hydrogen) atoms. The van der Waals surface area contributed by atoms with Gasteiger partial charge in [0.1, 0.15) is 0 Å². The van der Waals surface area contributed by atoms with Crippen LogP contribution in [-0.4, -0.2) is 16.3 Å². The Morgan fingerprint density at radius 1 is 1.44 bits per heavy atom. The van der Waals surface area contributed by atoms with Crippen LogP contribution >= 0.6 is 11.6 Å². The number of carboxylic acid groups (broad SMARTS) is 1. The van der Waals surface area contributed by atoms with Crippen LogP contribution in [0.3, 0.4) is 0 Å². The molecule has 1 saturated carbocycles. The van der Waals surface area contributed by atoms with Gasteiger partial charge >= 0.3 is 5.97 Å². The molecule has 0 bridgehead atoms. The lowest BCUT2D eigenvalue weighted by atomic mass is 10.3. The fraction of sp³-hybridized carbons (Fsp3) is 0.600. The molecule has 1 rings (SSSR count). The highest BCUT2D eigenvalue weighted by Crippen LogP contribution is 2.40. The second-order valence-corrected chi connectivity index (χ2v) is 2.46. The predicted molar refractivity (Wildman–Crippen MR) is 30.1 cm³/mol. The Morgan fingerprint density at radius 2 is 2.00 bits per heavy atom. The van der Waals surface area contributed by atoms with Gasteiger partial charge in [0.05, 0.1) is 5.92 Å². The smallest absolute Gasteiger partial charge is 0.307 e. The van der Waals surface area contributed by atoms with Crippen LogP contribution < -0.4 is 0 Å². The summed E-state index contributed by atoms with van der Waals surface area (Å²) in [6.07, 6.45) is 0.414. The first-order valence-electron chi connectivity index (χ1n) is 2.55. The van der Waals surface area contributed by atoms with E-state index in [9.17, 15) is 9.59 Å². The van der Waals surface area contributed by atoms with Crippen molar-refractivity contribution in [3.05, 3.63) is 0 Å². The van der Waals surface area contributed by atoms with Gasteiger partial charge in [-0.15, -0.1) is 0 Å². The lowest BCUT2D eigenvalue weighted by Crippen LogP contribution is -2.02. The molecule has 0 heterocycles. The summed E-state index contributed by atoms with van der Waals surface area (Å²) >= 11 is 5.01. The maximum absolute atomic E-state index is 10.2. The molecule has 0 aromatic heterocycles. The molecule has 0 spiro atoms. The highest BCUT2D eigenvalue weighted by molar-refractivity contribution is 6.64. The molecule has 1 N–H and O–H groups in total. The van der Waals surface area contributed by atoms with Crippen LogP contribution in [0.2, 0.25) is 0 Å². The minimum atomic E-state index is -0.922. The van der Waals surface area contributed by atoms with Crippen molar-refractivity contribution in [2.45, 2.75) is 6.42 Å². The summed E-state index contributed by atoms with van der Waals surface area (Å²) in [5, 5.41) is 7.74. The fourth-order valence-corrected chi connectivity index (χ4v) is 0.960. The van der Waals surface area contributed by atoms with Crippen molar-refractivity contribution in [1.82, 2.24) is 0 Å². The van der Waals surface area contributed by atoms with Crippen LogP contribution in [0.15, 0.2) is 0 Å². The zero-order valence-corrected chi connectivity index (χ0v) is 5.26. The minimum Gasteiger partial charge on any atom is -0.481 e. The molecule has 1 unspecified atom stereocenters. The molecule has 0 aromatic rings. The average Bonchev–Trinajstić information content (AvgIpc) is 2.39. The van der Waals surface area contributed by atoms with Crippen molar-refractivity contribution in [1.29, 1.82) is 0 Å². The Balaban J connectivity index is 2.42. The van der Waals surface area contributed by atoms with Gasteiger partial charge in [-0.25, -0.2) is 0 Å². The number of hydrogen-bond acceptors (Lipinski definition) is 2. The van der Waals surface area contributed by atoms with Gasteiger partial charge in [-0.2, -0.15) is 0 Å². The molecule has 50 valence electrons. The molecular weight excluding hydrogens is 144 g/mol. The quantitative estimate of drug-likeness (QED) is 0.580. The summed E-state index contributed by atoms with van der Waals surface area (Å²) in [6, 6.07) is 0. The van der Waals surface area contributed by atoms with Crippen molar-refractivity contribution in [3.63, 3.8) is 0 Å². The summed E-state index contributed by atoms with van der Waals surface area (Å²) in [6.45, 7) is 0. The average molecular weight is 149 g/mol. The van der Waals surface area contributed by atoms with E-state index < -0.39 is 23.0 Å². The second-order valence-electron chi connectivity index (χ2n) is 2.09. The van der Waals surface area contributed by atoms with Crippen LogP contribution in [0.1, 0.15) is 6.42 Å². The number of rotatable bonds is 2. The molecule has 4 heteroatoms. The maximum atomic E-state index is 10.2. The lowest BCUT2D eigenvalue weighted by molar-refractivity contribution is -0.139. The van der Waals surface area contributed by atoms with E-state index >= 15 is 0 Å². The third-order valence-corrected chi connectivity index (χ3v) is 1.68. The van der Waals surface area contributed by atoms with Gasteiger partial charge in [0.15, 0.2) is 0 Å². The van der Waals surface area contributed by atoms with Gasteiger partial charge in [0, 0.05) is 5.92 Å². The first-order valence-corrected chi connectivity index (χ1v) is 2.93. The van der Waals surface area contributed by atoms with Crippen LogP contribution in [0, 0.1) is 11.8 Å². The predicted octanol–water partition coefficient (Wildman–Crippen LogP) is 0.472. The Kier molecular flexibility index (Phi) is 1.45. The van der Waals surface area contributed by atoms with E-state index in [2.05, 4.69) is 0 Å². The molecule has 0 amide bonds. The molecule has 2 atom stereocenters. The Labute approximate surface area is 56.6 Å². The zero-order chi connectivity index (χ0) is 7.02. The molecule has 1 fully saturated rings. The number of carbonyl (C=O) groups is 2. The summed E-state index contributed by atoms with van der Waals surface area (Å²) in [4.78, 5) is 20.3. The molecule has 0 aromatic carbocycles. The normalized spacial score (nSPS) is 31.7. The molecule has 1 aliphatic rings. The van der Waals surface area contributed by atoms with Crippen molar-refractivity contribution >= 4 is 22.8 Å².